The molecule has 0 saturated carbocycles. The summed E-state index contributed by atoms with van der Waals surface area (Å²) in [5, 5.41) is 39.4. The predicted octanol–water partition coefficient (Wildman–Crippen LogP) is 23.4. The molecule has 0 spiro atoms. The Morgan fingerprint density at radius 3 is 1.43 bits per heavy atom. The van der Waals surface area contributed by atoms with Crippen molar-refractivity contribution in [2.75, 3.05) is 47.1 Å². The number of amides is 1. The summed E-state index contributed by atoms with van der Waals surface area (Å²) >= 11 is 35.9. The summed E-state index contributed by atoms with van der Waals surface area (Å²) < 4.78 is 6.16. The van der Waals surface area contributed by atoms with E-state index in [9.17, 15) is 19.8 Å². The van der Waals surface area contributed by atoms with E-state index in [0.29, 0.717) is 70.9 Å². The predicted molar refractivity (Wildman–Crippen MR) is 452 cm³/mol. The number of nitrogen functional groups attached to an aromatic ring is 2. The Bertz CT molecular complexity index is 4210. The van der Waals surface area contributed by atoms with Crippen LogP contribution in [0.2, 0.25) is 25.1 Å². The van der Waals surface area contributed by atoms with Gasteiger partial charge in [-0.1, -0.05) is 156 Å². The molecule has 3 atom stereocenters. The van der Waals surface area contributed by atoms with E-state index in [4.69, 9.17) is 124 Å². The third-order valence-electron chi connectivity index (χ3n) is 14.0. The molecule has 0 aliphatic carbocycles. The maximum atomic E-state index is 11.0. The number of nitrogens with zero attached hydrogens (tertiary/aromatic N) is 2. The van der Waals surface area contributed by atoms with Crippen LogP contribution in [0.5, 0.6) is 0 Å². The van der Waals surface area contributed by atoms with Gasteiger partial charge in [0.2, 0.25) is 5.91 Å². The molecule has 1 aliphatic rings. The van der Waals surface area contributed by atoms with Gasteiger partial charge in [0.15, 0.2) is 16.5 Å². The minimum atomic E-state index is -3.11. The van der Waals surface area contributed by atoms with Crippen molar-refractivity contribution in [2.24, 2.45) is 9.98 Å². The van der Waals surface area contributed by atoms with Crippen molar-refractivity contribution in [3.05, 3.63) is 325 Å². The van der Waals surface area contributed by atoms with Gasteiger partial charge in [-0.15, -0.1) is 0 Å². The van der Waals surface area contributed by atoms with Crippen LogP contribution in [0.1, 0.15) is 107 Å². The van der Waals surface area contributed by atoms with Crippen molar-refractivity contribution in [3.63, 3.8) is 0 Å². The van der Waals surface area contributed by atoms with Crippen LogP contribution in [0.4, 0.5) is 28.4 Å². The quantitative estimate of drug-likeness (QED) is 0.0152. The number of hydrogen-bond donors (Lipinski definition) is 8. The van der Waals surface area contributed by atoms with Crippen LogP contribution in [0, 0.1) is 12.1 Å². The van der Waals surface area contributed by atoms with Crippen LogP contribution in [0.3, 0.4) is 0 Å². The maximum Gasteiger partial charge on any atom is 2.00 e. The molecule has 0 aromatic heterocycles. The molecule has 26 heteroatoms. The van der Waals surface area contributed by atoms with Crippen LogP contribution < -0.4 is 32.7 Å². The summed E-state index contributed by atoms with van der Waals surface area (Å²) in [4.78, 5) is 29.3. The van der Waals surface area contributed by atoms with E-state index in [0.717, 1.165) is 52.4 Å². The van der Waals surface area contributed by atoms with Gasteiger partial charge in [-0.25, -0.2) is 9.98 Å². The molecule has 1 heterocycles. The number of isothiocyanates is 1. The third-order valence-corrected chi connectivity index (χ3v) is 15.5. The van der Waals surface area contributed by atoms with Crippen LogP contribution in [-0.4, -0.2) is 57.8 Å². The van der Waals surface area contributed by atoms with E-state index >= 15 is 0 Å². The third kappa shape index (κ3) is 37.1. The maximum absolute atomic E-state index is 11.0. The Balaban J connectivity index is 0.000000624. The SMILES string of the molecule is C.CC(=O)Nc1ccc(Cl)cc1.CC(=O)c1cc(Cl)ccc1N.CCN=C1Nc2ccc(Cl)cc2[C@](C)(c2ccccc2)O1.CCN=C=S.CCNC(=S)Nc1ccc(Cl)cc1[C@@](C)(O)c1ccccc1.C[C@](O)(c1ccccc1)c1cc(Cl)ccc1N.[Cl][Ti]([Cl])([Cl])[Cl].[Zn+2].[c-]1ccccc1.[c-]1ccccc1. The largest absolute Gasteiger partial charge is 2.00 e. The minimum absolute atomic E-state index is 0. The van der Waals surface area contributed by atoms with Gasteiger partial charge < -0.3 is 47.7 Å². The Morgan fingerprint density at radius 1 is 0.594 bits per heavy atom. The number of ketones is 1. The van der Waals surface area contributed by atoms with E-state index in [-0.39, 0.29) is 38.6 Å². The van der Waals surface area contributed by atoms with Crippen LogP contribution in [0.15, 0.2) is 259 Å². The normalized spacial score (nSPS) is 13.2. The molecular weight excluding hydrogens is 1650 g/mol. The van der Waals surface area contributed by atoms with Gasteiger partial charge in [0, 0.05) is 102 Å². The molecule has 10 N–H and O–H groups in total. The summed E-state index contributed by atoms with van der Waals surface area (Å²) in [7, 11) is 20.1. The summed E-state index contributed by atoms with van der Waals surface area (Å²) in [6, 6.07) is 82.6. The van der Waals surface area contributed by atoms with Gasteiger partial charge in [-0.3, -0.25) is 9.59 Å². The number of aliphatic hydroxyl groups is 2. The Hall–Kier alpha value is -6.43. The number of thiocarbonyl (C=S) groups is 2. The number of fused-ring (bicyclic) bond motifs is 1. The zero-order valence-electron chi connectivity index (χ0n) is 58.9. The van der Waals surface area contributed by atoms with Gasteiger partial charge >= 0.3 is 69.0 Å². The first-order chi connectivity index (χ1) is 49.3. The number of hydrogen-bond acceptors (Lipinski definition) is 11. The average Bonchev–Trinajstić information content (AvgIpc) is 0.758. The molecule has 13 nitrogen and oxygen atoms in total. The van der Waals surface area contributed by atoms with Crippen LogP contribution in [0.25, 0.3) is 0 Å². The van der Waals surface area contributed by atoms with E-state index in [1.54, 1.807) is 86.6 Å². The fraction of sp³-hybridized carbons (Fsp3) is 0.188. The van der Waals surface area contributed by atoms with E-state index < -0.39 is 29.1 Å². The Labute approximate surface area is 692 Å². The molecule has 106 heavy (non-hydrogen) atoms. The second-order valence-electron chi connectivity index (χ2n) is 22.0. The van der Waals surface area contributed by atoms with Crippen molar-refractivity contribution >= 4 is 176 Å². The minimum Gasteiger partial charge on any atom is -0.184 e. The molecule has 0 saturated heterocycles. The molecule has 1 amide bonds. The van der Waals surface area contributed by atoms with Crippen LogP contribution >= 0.6 is 120 Å². The zero-order valence-corrected chi connectivity index (χ0v) is 71.9. The second-order valence-corrected chi connectivity index (χ2v) is 40.3. The molecule has 0 bridgehead atoms. The zero-order chi connectivity index (χ0) is 77.3. The number of aliphatic imine (C=N–C) groups is 2. The summed E-state index contributed by atoms with van der Waals surface area (Å²) in [6.07, 6.45) is 0. The van der Waals surface area contributed by atoms with Crippen molar-refractivity contribution in [3.8, 4) is 0 Å². The fourth-order valence-corrected chi connectivity index (χ4v) is 10.3. The van der Waals surface area contributed by atoms with Crippen molar-refractivity contribution in [1.82, 2.24) is 5.32 Å². The number of carbonyl (C=O) groups excluding carboxylic acids is 2. The summed E-state index contributed by atoms with van der Waals surface area (Å²) in [6.45, 7) is 16.4. The van der Waals surface area contributed by atoms with E-state index in [2.05, 4.69) is 72.9 Å². The number of anilines is 5. The molecule has 10 aromatic carbocycles. The van der Waals surface area contributed by atoms with Gasteiger partial charge in [0.05, 0.1) is 5.16 Å². The van der Waals surface area contributed by atoms with Crippen molar-refractivity contribution in [2.45, 2.75) is 79.6 Å². The summed E-state index contributed by atoms with van der Waals surface area (Å²) in [5.41, 5.74) is 17.4. The number of benzene rings is 10. The number of nitrogens with one attached hydrogen (secondary N) is 4. The first-order valence-electron chi connectivity index (χ1n) is 31.8. The molecule has 0 fully saturated rings. The fourth-order valence-electron chi connectivity index (χ4n) is 9.06. The number of amidine groups is 1. The van der Waals surface area contributed by atoms with Gasteiger partial charge in [-0.2, -0.15) is 72.8 Å². The van der Waals surface area contributed by atoms with E-state index in [1.807, 2.05) is 191 Å². The van der Waals surface area contributed by atoms with Crippen molar-refractivity contribution < 1.29 is 56.4 Å². The van der Waals surface area contributed by atoms with Crippen LogP contribution in [-0.2, 0) is 58.2 Å². The van der Waals surface area contributed by atoms with E-state index in [1.165, 1.54) is 13.8 Å². The first-order valence-corrected chi connectivity index (χ1v) is 43.1. The average molecular weight is 1740 g/mol. The second kappa shape index (κ2) is 51.8. The number of rotatable bonds is 11. The Kier molecular flexibility index (Phi) is 47.7. The molecular formula is C80H85Cl9N8O5S2TiZn. The summed E-state index contributed by atoms with van der Waals surface area (Å²) in [5.74, 6) is -0.141. The monoisotopic (exact) mass is 1730 g/mol. The standard InChI is InChI=1S/C17H19ClN2OS.C17H17ClN2O.C14H14ClNO.2C8H8ClNO.2C6H5.C3H5NS.CH4.4ClH.Ti.Zn/c1-3-19-16(22)20-15-10-9-13(18)11-14(15)17(2,21)12-7-5-4-6-8-12;1-3-19-16-20-15-10-9-13(18)11-14(15)17(2,21-16)12-7-5-4-6-8-12;1-14(17,10-5-3-2-4-6-10)12-9-11(15)7-8-13(12)16;1-6(11)10-8-4-2-7(9)3-5-8;1-5(11)7-4-6(9)2-3-8(7)10;2*1-2-4-6-5-3-1;1-2-4-3-5;;;;;;;/h4-11,21H,3H2,1-2H3,(H2,19,20,22);4-11H,3H2,1-2H3,(H,19,20);2-9,17H,16H2,1H3;2-5H,1H3,(H,10,11);2-4H,10H2,1H3;2*1-5H;2H2,1H3;1H4;4*1H;;/q;;;;;2*-1;;;;;;;+4;+2/p-4/t2*17-;14-;;;;;;;;;;;;/m000............/s1. The molecule has 1 aliphatic heterocycles. The first kappa shape index (κ1) is 97.6. The number of nitrogens with two attached hydrogens (primary N) is 2. The molecule has 0 unspecified atom stereocenters. The molecule has 11 rings (SSSR count). The molecule has 556 valence electrons. The van der Waals surface area contributed by atoms with Gasteiger partial charge in [0.25, 0.3) is 6.02 Å². The number of Topliss-reactive ketones (excluding diaryl/α,β-unsaturated/α-hetero) is 1. The molecule has 10 aromatic rings. The molecule has 0 radical (unpaired) electrons. The Morgan fingerprint density at radius 2 is 1.02 bits per heavy atom. The number of carbonyl (C=O) groups is 2. The number of halogens is 9. The number of ether oxygens (including phenoxy) is 1. The van der Waals surface area contributed by atoms with Crippen molar-refractivity contribution in [1.29, 1.82) is 0 Å². The van der Waals surface area contributed by atoms with Gasteiger partial charge in [-0.05, 0) is 187 Å². The smallest absolute Gasteiger partial charge is 0.184 e. The van der Waals surface area contributed by atoms with Gasteiger partial charge in [0.1, 0.15) is 11.2 Å². The topological polar surface area (TPSA) is 209 Å².